The maximum absolute atomic E-state index is 11.8. The van der Waals surface area contributed by atoms with Crippen LogP contribution in [0.25, 0.3) is 10.8 Å². The molecule has 1 saturated heterocycles. The summed E-state index contributed by atoms with van der Waals surface area (Å²) >= 11 is 0. The van der Waals surface area contributed by atoms with Gasteiger partial charge in [-0.2, -0.15) is 0 Å². The van der Waals surface area contributed by atoms with E-state index in [4.69, 9.17) is 4.74 Å². The van der Waals surface area contributed by atoms with E-state index in [9.17, 15) is 4.79 Å². The van der Waals surface area contributed by atoms with Gasteiger partial charge in [0, 0.05) is 13.0 Å². The highest BCUT2D eigenvalue weighted by atomic mass is 16.6. The van der Waals surface area contributed by atoms with Crippen LogP contribution in [-0.2, 0) is 16.1 Å². The number of nitrogens with zero attached hydrogens (tertiary/aromatic N) is 1. The second-order valence-corrected chi connectivity index (χ2v) is 5.60. The number of ether oxygens (including phenoxy) is 1. The average Bonchev–Trinajstić information content (AvgIpc) is 2.78. The molecule has 0 saturated carbocycles. The molecule has 0 unspecified atom stereocenters. The molecule has 3 rings (SSSR count). The number of carbonyl (C=O) groups excluding carboxylic acids is 1. The molecule has 0 amide bonds. The van der Waals surface area contributed by atoms with E-state index in [1.54, 1.807) is 0 Å². The molecule has 0 spiro atoms. The van der Waals surface area contributed by atoms with Crippen LogP contribution in [0, 0.1) is 0 Å². The van der Waals surface area contributed by atoms with Crippen molar-refractivity contribution < 1.29 is 9.53 Å². The first-order valence-electron chi connectivity index (χ1n) is 7.02. The van der Waals surface area contributed by atoms with Crippen molar-refractivity contribution in [3.63, 3.8) is 0 Å². The van der Waals surface area contributed by atoms with Gasteiger partial charge in [-0.3, -0.25) is 9.69 Å². The van der Waals surface area contributed by atoms with Crippen LogP contribution in [0.4, 0.5) is 0 Å². The Balaban J connectivity index is 1.77. The molecule has 0 bridgehead atoms. The highest BCUT2D eigenvalue weighted by Gasteiger charge is 2.34. The number of hydrogen-bond acceptors (Lipinski definition) is 3. The van der Waals surface area contributed by atoms with E-state index >= 15 is 0 Å². The minimum absolute atomic E-state index is 0.0338. The third-order valence-electron chi connectivity index (χ3n) is 3.92. The molecule has 2 aromatic rings. The Morgan fingerprint density at radius 2 is 1.95 bits per heavy atom. The number of esters is 1. The maximum atomic E-state index is 11.8. The van der Waals surface area contributed by atoms with Gasteiger partial charge in [-0.05, 0) is 36.4 Å². The summed E-state index contributed by atoms with van der Waals surface area (Å²) < 4.78 is 5.22. The molecular weight excluding hydrogens is 250 g/mol. The van der Waals surface area contributed by atoms with Crippen molar-refractivity contribution >= 4 is 16.7 Å². The van der Waals surface area contributed by atoms with Crippen molar-refractivity contribution in [3.8, 4) is 0 Å². The number of hydrogen-bond donors (Lipinski definition) is 0. The van der Waals surface area contributed by atoms with Crippen molar-refractivity contribution in [3.05, 3.63) is 48.0 Å². The molecule has 104 valence electrons. The second kappa shape index (κ2) is 5.25. The Hall–Kier alpha value is -1.87. The summed E-state index contributed by atoms with van der Waals surface area (Å²) in [6.45, 7) is 2.71. The first-order chi connectivity index (χ1) is 9.63. The van der Waals surface area contributed by atoms with Crippen LogP contribution in [0.5, 0.6) is 0 Å². The number of likely N-dealkylation sites (N-methyl/N-ethyl adjacent to an activating group) is 1. The zero-order valence-corrected chi connectivity index (χ0v) is 11.9. The fourth-order valence-corrected chi connectivity index (χ4v) is 2.83. The van der Waals surface area contributed by atoms with Crippen LogP contribution in [0.3, 0.4) is 0 Å². The molecule has 0 radical (unpaired) electrons. The Morgan fingerprint density at radius 3 is 2.65 bits per heavy atom. The summed E-state index contributed by atoms with van der Waals surface area (Å²) in [5.41, 5.74) is 1.22. The average molecular weight is 269 g/mol. The molecule has 3 heteroatoms. The van der Waals surface area contributed by atoms with Gasteiger partial charge in [0.05, 0.1) is 0 Å². The van der Waals surface area contributed by atoms with E-state index in [1.807, 2.05) is 26.1 Å². The summed E-state index contributed by atoms with van der Waals surface area (Å²) in [4.78, 5) is 13.8. The fourth-order valence-electron chi connectivity index (χ4n) is 2.83. The van der Waals surface area contributed by atoms with E-state index in [2.05, 4.69) is 35.2 Å². The van der Waals surface area contributed by atoms with Gasteiger partial charge >= 0.3 is 5.97 Å². The number of carbonyl (C=O) groups is 1. The minimum Gasteiger partial charge on any atom is -0.461 e. The predicted octanol–water partition coefficient (Wildman–Crippen LogP) is 2.98. The summed E-state index contributed by atoms with van der Waals surface area (Å²) in [5, 5.41) is 2.48. The summed E-state index contributed by atoms with van der Waals surface area (Å²) in [6, 6.07) is 14.7. The number of rotatable bonds is 3. The quantitative estimate of drug-likeness (QED) is 0.802. The number of benzene rings is 2. The van der Waals surface area contributed by atoms with Gasteiger partial charge in [0.2, 0.25) is 0 Å². The number of cyclic esters (lactones) is 1. The van der Waals surface area contributed by atoms with Crippen LogP contribution >= 0.6 is 0 Å². The van der Waals surface area contributed by atoms with E-state index < -0.39 is 0 Å². The Kier molecular flexibility index (Phi) is 3.45. The lowest BCUT2D eigenvalue weighted by atomic mass is 10.1. The van der Waals surface area contributed by atoms with Crippen LogP contribution in [-0.4, -0.2) is 30.1 Å². The number of fused-ring (bicyclic) bond motifs is 1. The largest absolute Gasteiger partial charge is 0.461 e. The standard InChI is InChI=1S/C17H19NO2/c1-12-9-16(17(19)20-12)18(2)11-13-7-8-14-5-3-4-6-15(14)10-13/h3-8,10,12,16H,9,11H2,1-2H3/t12-,16-/m0/s1. The molecule has 1 aliphatic rings. The molecule has 1 aliphatic heterocycles. The van der Waals surface area contributed by atoms with Gasteiger partial charge in [0.25, 0.3) is 0 Å². The van der Waals surface area contributed by atoms with Crippen LogP contribution in [0.2, 0.25) is 0 Å². The van der Waals surface area contributed by atoms with E-state index in [1.165, 1.54) is 16.3 Å². The SMILES string of the molecule is C[C@H]1C[C@H](N(C)Cc2ccc3ccccc3c2)C(=O)O1. The highest BCUT2D eigenvalue weighted by molar-refractivity contribution is 5.83. The normalized spacial score (nSPS) is 22.4. The molecule has 3 nitrogen and oxygen atoms in total. The Morgan fingerprint density at radius 1 is 1.20 bits per heavy atom. The molecule has 2 atom stereocenters. The van der Waals surface area contributed by atoms with Gasteiger partial charge in [0.15, 0.2) is 0 Å². The van der Waals surface area contributed by atoms with Crippen molar-refractivity contribution in [1.82, 2.24) is 4.90 Å². The van der Waals surface area contributed by atoms with Crippen LogP contribution in [0.1, 0.15) is 18.9 Å². The van der Waals surface area contributed by atoms with Gasteiger partial charge in [0.1, 0.15) is 12.1 Å². The Labute approximate surface area is 119 Å². The summed E-state index contributed by atoms with van der Waals surface area (Å²) in [6.07, 6.45) is 0.815. The Bertz CT molecular complexity index is 638. The summed E-state index contributed by atoms with van der Waals surface area (Å²) in [7, 11) is 1.99. The van der Waals surface area contributed by atoms with Gasteiger partial charge in [-0.1, -0.05) is 36.4 Å². The molecule has 0 N–H and O–H groups in total. The molecule has 20 heavy (non-hydrogen) atoms. The fraction of sp³-hybridized carbons (Fsp3) is 0.353. The first-order valence-corrected chi connectivity index (χ1v) is 7.02. The van der Waals surface area contributed by atoms with E-state index in [0.717, 1.165) is 13.0 Å². The lowest BCUT2D eigenvalue weighted by Crippen LogP contribution is -2.34. The van der Waals surface area contributed by atoms with Crippen molar-refractivity contribution in [2.45, 2.75) is 32.0 Å². The third kappa shape index (κ3) is 2.54. The van der Waals surface area contributed by atoms with Crippen molar-refractivity contribution in [2.24, 2.45) is 0 Å². The second-order valence-electron chi connectivity index (χ2n) is 5.60. The predicted molar refractivity (Wildman–Crippen MR) is 79.4 cm³/mol. The maximum Gasteiger partial charge on any atom is 0.323 e. The third-order valence-corrected chi connectivity index (χ3v) is 3.92. The monoisotopic (exact) mass is 269 g/mol. The molecule has 0 aromatic heterocycles. The molecular formula is C17H19NO2. The van der Waals surface area contributed by atoms with E-state index in [-0.39, 0.29) is 18.1 Å². The molecule has 1 fully saturated rings. The van der Waals surface area contributed by atoms with Gasteiger partial charge in [-0.25, -0.2) is 0 Å². The molecule has 2 aromatic carbocycles. The zero-order chi connectivity index (χ0) is 14.1. The van der Waals surface area contributed by atoms with Crippen molar-refractivity contribution in [1.29, 1.82) is 0 Å². The van der Waals surface area contributed by atoms with Crippen LogP contribution in [0.15, 0.2) is 42.5 Å². The zero-order valence-electron chi connectivity index (χ0n) is 11.9. The van der Waals surface area contributed by atoms with E-state index in [0.29, 0.717) is 0 Å². The van der Waals surface area contributed by atoms with Gasteiger partial charge in [-0.15, -0.1) is 0 Å². The van der Waals surface area contributed by atoms with Crippen LogP contribution < -0.4 is 0 Å². The minimum atomic E-state index is -0.114. The summed E-state index contributed by atoms with van der Waals surface area (Å²) in [5.74, 6) is -0.0965. The first kappa shape index (κ1) is 13.1. The smallest absolute Gasteiger partial charge is 0.323 e. The van der Waals surface area contributed by atoms with Gasteiger partial charge < -0.3 is 4.74 Å². The van der Waals surface area contributed by atoms with Crippen molar-refractivity contribution in [2.75, 3.05) is 7.05 Å². The molecule has 0 aliphatic carbocycles. The lowest BCUT2D eigenvalue weighted by molar-refractivity contribution is -0.144. The topological polar surface area (TPSA) is 29.5 Å². The lowest BCUT2D eigenvalue weighted by Gasteiger charge is -2.21. The highest BCUT2D eigenvalue weighted by Crippen LogP contribution is 2.22. The molecule has 1 heterocycles.